The maximum atomic E-state index is 13.6. The molecule has 100 valence electrons. The van der Waals surface area contributed by atoms with Gasteiger partial charge in [0.2, 0.25) is 0 Å². The molecule has 0 aromatic heterocycles. The number of amides is 1. The SMILES string of the molecule is O=C1C(=O)N(CC2(CBr)CC2)c2cc(F)c(Br)cc21. The number of halogens is 3. The van der Waals surface area contributed by atoms with Gasteiger partial charge in [-0.15, -0.1) is 0 Å². The average Bonchev–Trinajstić information content (AvgIpc) is 3.13. The minimum atomic E-state index is -0.556. The van der Waals surface area contributed by atoms with Crippen molar-refractivity contribution in [2.75, 3.05) is 16.8 Å². The fraction of sp³-hybridized carbons (Fsp3) is 0.385. The minimum absolute atomic E-state index is 0.0428. The van der Waals surface area contributed by atoms with E-state index in [0.29, 0.717) is 12.2 Å². The first-order valence-corrected chi connectivity index (χ1v) is 7.80. The third-order valence-electron chi connectivity index (χ3n) is 3.75. The summed E-state index contributed by atoms with van der Waals surface area (Å²) in [6.45, 7) is 0.469. The summed E-state index contributed by atoms with van der Waals surface area (Å²) in [4.78, 5) is 25.4. The number of nitrogens with zero attached hydrogens (tertiary/aromatic N) is 1. The molecule has 1 fully saturated rings. The summed E-state index contributed by atoms with van der Waals surface area (Å²) in [5.74, 6) is -1.57. The van der Waals surface area contributed by atoms with Crippen molar-refractivity contribution in [3.8, 4) is 0 Å². The summed E-state index contributed by atoms with van der Waals surface area (Å²) < 4.78 is 13.8. The van der Waals surface area contributed by atoms with Crippen molar-refractivity contribution in [2.45, 2.75) is 12.8 Å². The van der Waals surface area contributed by atoms with Crippen LogP contribution in [0.3, 0.4) is 0 Å². The smallest absolute Gasteiger partial charge is 0.299 e. The molecule has 6 heteroatoms. The van der Waals surface area contributed by atoms with Crippen molar-refractivity contribution >= 4 is 49.2 Å². The molecule has 3 nitrogen and oxygen atoms in total. The van der Waals surface area contributed by atoms with E-state index in [1.165, 1.54) is 17.0 Å². The van der Waals surface area contributed by atoms with Gasteiger partial charge in [-0.1, -0.05) is 15.9 Å². The molecule has 1 heterocycles. The second-order valence-corrected chi connectivity index (χ2v) is 6.55. The average molecular weight is 391 g/mol. The van der Waals surface area contributed by atoms with Crippen molar-refractivity contribution in [3.05, 3.63) is 28.0 Å². The van der Waals surface area contributed by atoms with Crippen LogP contribution < -0.4 is 4.90 Å². The first-order chi connectivity index (χ1) is 8.97. The van der Waals surface area contributed by atoms with Crippen LogP contribution in [-0.4, -0.2) is 23.6 Å². The Morgan fingerprint density at radius 2 is 2.00 bits per heavy atom. The molecule has 1 aromatic rings. The molecule has 0 spiro atoms. The van der Waals surface area contributed by atoms with Crippen LogP contribution >= 0.6 is 31.9 Å². The molecule has 1 saturated carbocycles. The van der Waals surface area contributed by atoms with Gasteiger partial charge in [0.05, 0.1) is 15.7 Å². The van der Waals surface area contributed by atoms with Gasteiger partial charge in [0, 0.05) is 11.9 Å². The largest absolute Gasteiger partial charge is 0.304 e. The highest BCUT2D eigenvalue weighted by Crippen LogP contribution is 2.49. The van der Waals surface area contributed by atoms with Crippen LogP contribution in [0.1, 0.15) is 23.2 Å². The number of fused-ring (bicyclic) bond motifs is 1. The van der Waals surface area contributed by atoms with E-state index in [1.54, 1.807) is 0 Å². The quantitative estimate of drug-likeness (QED) is 0.586. The Hall–Kier alpha value is -0.750. The number of Topliss-reactive ketones (excluding diaryl/α,β-unsaturated/α-hetero) is 1. The Morgan fingerprint density at radius 3 is 2.58 bits per heavy atom. The number of carbonyl (C=O) groups excluding carboxylic acids is 2. The van der Waals surface area contributed by atoms with Crippen LogP contribution in [0.2, 0.25) is 0 Å². The molecule has 0 radical (unpaired) electrons. The molecule has 19 heavy (non-hydrogen) atoms. The van der Waals surface area contributed by atoms with Gasteiger partial charge in [0.1, 0.15) is 5.82 Å². The van der Waals surface area contributed by atoms with Gasteiger partial charge < -0.3 is 4.90 Å². The van der Waals surface area contributed by atoms with E-state index >= 15 is 0 Å². The molecular weight excluding hydrogens is 381 g/mol. The lowest BCUT2D eigenvalue weighted by Gasteiger charge is -2.22. The highest BCUT2D eigenvalue weighted by molar-refractivity contribution is 9.10. The lowest BCUT2D eigenvalue weighted by molar-refractivity contribution is -0.114. The molecular formula is C13H10Br2FNO2. The zero-order chi connectivity index (χ0) is 13.8. The van der Waals surface area contributed by atoms with Crippen molar-refractivity contribution < 1.29 is 14.0 Å². The maximum absolute atomic E-state index is 13.6. The molecule has 2 aliphatic rings. The predicted molar refractivity (Wildman–Crippen MR) is 76.2 cm³/mol. The minimum Gasteiger partial charge on any atom is -0.304 e. The van der Waals surface area contributed by atoms with E-state index < -0.39 is 17.5 Å². The fourth-order valence-corrected chi connectivity index (χ4v) is 3.37. The van der Waals surface area contributed by atoms with Gasteiger partial charge in [-0.05, 0) is 46.3 Å². The summed E-state index contributed by atoms with van der Waals surface area (Å²) in [7, 11) is 0. The molecule has 0 bridgehead atoms. The molecule has 1 aliphatic heterocycles. The molecule has 1 aromatic carbocycles. The van der Waals surface area contributed by atoms with Crippen LogP contribution in [0.25, 0.3) is 0 Å². The number of alkyl halides is 1. The van der Waals surface area contributed by atoms with Crippen molar-refractivity contribution in [1.82, 2.24) is 0 Å². The van der Waals surface area contributed by atoms with Gasteiger partial charge in [0.25, 0.3) is 11.7 Å². The van der Waals surface area contributed by atoms with Gasteiger partial charge in [0.15, 0.2) is 0 Å². The zero-order valence-corrected chi connectivity index (χ0v) is 13.1. The first kappa shape index (κ1) is 13.2. The topological polar surface area (TPSA) is 37.4 Å². The maximum Gasteiger partial charge on any atom is 0.299 e. The molecule has 1 amide bonds. The van der Waals surface area contributed by atoms with Crippen LogP contribution in [0.5, 0.6) is 0 Å². The number of carbonyl (C=O) groups is 2. The molecule has 0 unspecified atom stereocenters. The van der Waals surface area contributed by atoms with Gasteiger partial charge in [-0.3, -0.25) is 9.59 Å². The van der Waals surface area contributed by atoms with Crippen molar-refractivity contribution in [1.29, 1.82) is 0 Å². The Kier molecular flexibility index (Phi) is 3.05. The molecule has 0 N–H and O–H groups in total. The number of benzene rings is 1. The highest BCUT2D eigenvalue weighted by Gasteiger charge is 2.47. The summed E-state index contributed by atoms with van der Waals surface area (Å²) in [5, 5.41) is 0.784. The van der Waals surface area contributed by atoms with E-state index in [-0.39, 0.29) is 15.5 Å². The molecule has 0 atom stereocenters. The summed E-state index contributed by atoms with van der Waals surface area (Å²) in [6.07, 6.45) is 2.04. The van der Waals surface area contributed by atoms with E-state index in [0.717, 1.165) is 18.2 Å². The number of hydrogen-bond donors (Lipinski definition) is 0. The van der Waals surface area contributed by atoms with Gasteiger partial charge in [-0.2, -0.15) is 0 Å². The Morgan fingerprint density at radius 1 is 1.32 bits per heavy atom. The second kappa shape index (κ2) is 4.38. The summed E-state index contributed by atoms with van der Waals surface area (Å²) >= 11 is 6.48. The normalized spacial score (nSPS) is 19.8. The number of ketones is 1. The van der Waals surface area contributed by atoms with Crippen LogP contribution in [0, 0.1) is 11.2 Å². The Labute approximate surface area is 126 Å². The van der Waals surface area contributed by atoms with E-state index in [2.05, 4.69) is 31.9 Å². The third kappa shape index (κ3) is 2.05. The third-order valence-corrected chi connectivity index (χ3v) is 5.54. The first-order valence-electron chi connectivity index (χ1n) is 5.89. The van der Waals surface area contributed by atoms with E-state index in [4.69, 9.17) is 0 Å². The van der Waals surface area contributed by atoms with E-state index in [9.17, 15) is 14.0 Å². The molecule has 0 saturated heterocycles. The number of hydrogen-bond acceptors (Lipinski definition) is 2. The Balaban J connectivity index is 2.02. The van der Waals surface area contributed by atoms with Crippen LogP contribution in [0.4, 0.5) is 10.1 Å². The lowest BCUT2D eigenvalue weighted by Crippen LogP contribution is -2.35. The highest BCUT2D eigenvalue weighted by atomic mass is 79.9. The zero-order valence-electron chi connectivity index (χ0n) is 9.88. The standard InChI is InChI=1S/C13H10Br2FNO2/c14-5-13(1-2-13)6-17-10-4-9(16)8(15)3-7(10)11(18)12(17)19/h3-4H,1-2,5-6H2. The van der Waals surface area contributed by atoms with Gasteiger partial charge >= 0.3 is 0 Å². The van der Waals surface area contributed by atoms with E-state index in [1.807, 2.05) is 0 Å². The van der Waals surface area contributed by atoms with Crippen LogP contribution in [-0.2, 0) is 4.79 Å². The fourth-order valence-electron chi connectivity index (χ4n) is 2.29. The predicted octanol–water partition coefficient (Wildman–Crippen LogP) is 3.29. The van der Waals surface area contributed by atoms with Crippen molar-refractivity contribution in [2.24, 2.45) is 5.41 Å². The molecule has 3 rings (SSSR count). The Bertz CT molecular complexity index is 599. The summed E-state index contributed by atoms with van der Waals surface area (Å²) in [5.41, 5.74) is 0.716. The number of rotatable bonds is 3. The lowest BCUT2D eigenvalue weighted by atomic mass is 10.1. The number of anilines is 1. The molecule has 1 aliphatic carbocycles. The monoisotopic (exact) mass is 389 g/mol. The van der Waals surface area contributed by atoms with Gasteiger partial charge in [-0.25, -0.2) is 4.39 Å². The second-order valence-electron chi connectivity index (χ2n) is 5.14. The van der Waals surface area contributed by atoms with Crippen LogP contribution in [0.15, 0.2) is 16.6 Å². The van der Waals surface area contributed by atoms with Crippen molar-refractivity contribution in [3.63, 3.8) is 0 Å². The summed E-state index contributed by atoms with van der Waals surface area (Å²) in [6, 6.07) is 2.64.